The van der Waals surface area contributed by atoms with Crippen LogP contribution < -0.4 is 11.1 Å². The van der Waals surface area contributed by atoms with E-state index in [1.807, 2.05) is 0 Å². The van der Waals surface area contributed by atoms with E-state index in [0.29, 0.717) is 23.5 Å². The van der Waals surface area contributed by atoms with E-state index in [1.54, 1.807) is 25.1 Å². The summed E-state index contributed by atoms with van der Waals surface area (Å²) in [6, 6.07) is 5.29. The Morgan fingerprint density at radius 1 is 1.32 bits per heavy atom. The summed E-state index contributed by atoms with van der Waals surface area (Å²) < 4.78 is 5.07. The minimum atomic E-state index is -0.341. The molecule has 4 heteroatoms. The van der Waals surface area contributed by atoms with Gasteiger partial charge in [0.2, 0.25) is 0 Å². The van der Waals surface area contributed by atoms with Gasteiger partial charge in [0.25, 0.3) is 0 Å². The van der Waals surface area contributed by atoms with Crippen molar-refractivity contribution < 1.29 is 9.53 Å². The van der Waals surface area contributed by atoms with Gasteiger partial charge in [0.05, 0.1) is 23.5 Å². The summed E-state index contributed by atoms with van der Waals surface area (Å²) in [4.78, 5) is 12.0. The molecule has 0 fully saturated rings. The van der Waals surface area contributed by atoms with Gasteiger partial charge >= 0.3 is 5.97 Å². The Kier molecular flexibility index (Phi) is 5.21. The molecule has 0 bridgehead atoms. The van der Waals surface area contributed by atoms with Crippen molar-refractivity contribution in [3.63, 3.8) is 0 Å². The van der Waals surface area contributed by atoms with Crippen LogP contribution in [0.25, 0.3) is 0 Å². The lowest BCUT2D eigenvalue weighted by Gasteiger charge is -2.31. The van der Waals surface area contributed by atoms with Gasteiger partial charge in [0, 0.05) is 5.54 Å². The van der Waals surface area contributed by atoms with E-state index < -0.39 is 0 Å². The lowest BCUT2D eigenvalue weighted by atomic mass is 9.94. The molecule has 0 unspecified atom stereocenters. The number of hydrogen-bond donors (Lipinski definition) is 2. The summed E-state index contributed by atoms with van der Waals surface area (Å²) in [6.07, 6.45) is 1.89. The maximum atomic E-state index is 12.0. The van der Waals surface area contributed by atoms with Crippen LogP contribution in [0.1, 0.15) is 50.9 Å². The highest BCUT2D eigenvalue weighted by Crippen LogP contribution is 2.30. The zero-order valence-electron chi connectivity index (χ0n) is 12.2. The number of nitrogens with two attached hydrogens (primary N) is 1. The molecule has 1 rings (SSSR count). The van der Waals surface area contributed by atoms with Crippen LogP contribution in [0.5, 0.6) is 0 Å². The van der Waals surface area contributed by atoms with Crippen LogP contribution in [0.4, 0.5) is 11.4 Å². The number of carbonyl (C=O) groups excluding carboxylic acids is 1. The van der Waals surface area contributed by atoms with Gasteiger partial charge < -0.3 is 15.8 Å². The lowest BCUT2D eigenvalue weighted by Crippen LogP contribution is -2.34. The number of esters is 1. The Labute approximate surface area is 115 Å². The highest BCUT2D eigenvalue weighted by molar-refractivity contribution is 5.99. The van der Waals surface area contributed by atoms with Gasteiger partial charge in [0.15, 0.2) is 0 Å². The van der Waals surface area contributed by atoms with Gasteiger partial charge in [-0.2, -0.15) is 0 Å². The fourth-order valence-electron chi connectivity index (χ4n) is 1.82. The van der Waals surface area contributed by atoms with Crippen LogP contribution in [0, 0.1) is 0 Å². The molecular formula is C15H24N2O2. The standard InChI is InChI=1S/C15H24N2O2/c1-5-15(4,6-2)17-13-11(14(18)19-7-3)9-8-10-12(13)16/h8-10,17H,5-7,16H2,1-4H3. The number of benzene rings is 1. The van der Waals surface area contributed by atoms with Crippen molar-refractivity contribution in [2.45, 2.75) is 46.1 Å². The highest BCUT2D eigenvalue weighted by Gasteiger charge is 2.23. The van der Waals surface area contributed by atoms with Crippen molar-refractivity contribution in [3.8, 4) is 0 Å². The molecule has 3 N–H and O–H groups in total. The molecule has 4 nitrogen and oxygen atoms in total. The highest BCUT2D eigenvalue weighted by atomic mass is 16.5. The molecule has 0 atom stereocenters. The first-order valence-electron chi connectivity index (χ1n) is 6.81. The molecule has 0 radical (unpaired) electrons. The summed E-state index contributed by atoms with van der Waals surface area (Å²) in [5, 5.41) is 3.41. The Morgan fingerprint density at radius 3 is 2.47 bits per heavy atom. The molecule has 19 heavy (non-hydrogen) atoms. The summed E-state index contributed by atoms with van der Waals surface area (Å²) in [5.74, 6) is -0.341. The van der Waals surface area contributed by atoms with Crippen molar-refractivity contribution in [3.05, 3.63) is 23.8 Å². The molecule has 0 saturated carbocycles. The Balaban J connectivity index is 3.15. The minimum absolute atomic E-state index is 0.0866. The normalized spacial score (nSPS) is 11.2. The summed E-state index contributed by atoms with van der Waals surface area (Å²) >= 11 is 0. The molecule has 1 aromatic carbocycles. The first-order chi connectivity index (χ1) is 8.97. The zero-order chi connectivity index (χ0) is 14.5. The van der Waals surface area contributed by atoms with E-state index in [9.17, 15) is 4.79 Å². The Morgan fingerprint density at radius 2 is 1.95 bits per heavy atom. The van der Waals surface area contributed by atoms with E-state index in [4.69, 9.17) is 10.5 Å². The number of ether oxygens (including phenoxy) is 1. The third kappa shape index (κ3) is 3.63. The van der Waals surface area contributed by atoms with E-state index in [1.165, 1.54) is 0 Å². The van der Waals surface area contributed by atoms with E-state index in [0.717, 1.165) is 12.8 Å². The molecular weight excluding hydrogens is 240 g/mol. The van der Waals surface area contributed by atoms with Gasteiger partial charge in [-0.25, -0.2) is 4.79 Å². The Bertz CT molecular complexity index is 440. The van der Waals surface area contributed by atoms with Gasteiger partial charge in [-0.05, 0) is 38.8 Å². The monoisotopic (exact) mass is 264 g/mol. The summed E-state index contributed by atoms with van der Waals surface area (Å²) in [6.45, 7) is 8.49. The largest absolute Gasteiger partial charge is 0.462 e. The Hall–Kier alpha value is -1.71. The topological polar surface area (TPSA) is 64.3 Å². The maximum Gasteiger partial charge on any atom is 0.340 e. The van der Waals surface area contributed by atoms with Crippen molar-refractivity contribution in [1.82, 2.24) is 0 Å². The van der Waals surface area contributed by atoms with Crippen molar-refractivity contribution >= 4 is 17.3 Å². The lowest BCUT2D eigenvalue weighted by molar-refractivity contribution is 0.0527. The number of rotatable bonds is 6. The summed E-state index contributed by atoms with van der Waals surface area (Å²) in [7, 11) is 0. The second-order valence-electron chi connectivity index (χ2n) is 4.88. The first-order valence-corrected chi connectivity index (χ1v) is 6.81. The van der Waals surface area contributed by atoms with Gasteiger partial charge in [-0.3, -0.25) is 0 Å². The molecule has 0 aliphatic carbocycles. The smallest absolute Gasteiger partial charge is 0.340 e. The zero-order valence-corrected chi connectivity index (χ0v) is 12.2. The number of anilines is 2. The fraction of sp³-hybridized carbons (Fsp3) is 0.533. The van der Waals surface area contributed by atoms with Gasteiger partial charge in [-0.1, -0.05) is 19.9 Å². The van der Waals surface area contributed by atoms with E-state index in [-0.39, 0.29) is 11.5 Å². The SMILES string of the molecule is CCOC(=O)c1cccc(N)c1NC(C)(CC)CC. The molecule has 0 amide bonds. The van der Waals surface area contributed by atoms with Crippen LogP contribution >= 0.6 is 0 Å². The molecule has 1 aromatic rings. The number of hydrogen-bond acceptors (Lipinski definition) is 4. The van der Waals surface area contributed by atoms with Crippen LogP contribution in [-0.2, 0) is 4.74 Å². The molecule has 0 heterocycles. The van der Waals surface area contributed by atoms with Crippen LogP contribution in [-0.4, -0.2) is 18.1 Å². The average Bonchev–Trinajstić information content (AvgIpc) is 2.41. The van der Waals surface area contributed by atoms with Crippen LogP contribution in [0.3, 0.4) is 0 Å². The minimum Gasteiger partial charge on any atom is -0.462 e. The van der Waals surface area contributed by atoms with Gasteiger partial charge in [-0.15, -0.1) is 0 Å². The van der Waals surface area contributed by atoms with E-state index >= 15 is 0 Å². The third-order valence-corrected chi connectivity index (χ3v) is 3.58. The number of carbonyl (C=O) groups is 1. The summed E-state index contributed by atoms with van der Waals surface area (Å²) in [5.41, 5.74) is 7.65. The first kappa shape index (κ1) is 15.3. The van der Waals surface area contributed by atoms with Crippen molar-refractivity contribution in [2.24, 2.45) is 0 Å². The molecule has 106 valence electrons. The number of nitrogen functional groups attached to an aromatic ring is 1. The van der Waals surface area contributed by atoms with Crippen molar-refractivity contribution in [2.75, 3.05) is 17.7 Å². The molecule has 0 aromatic heterocycles. The quantitative estimate of drug-likeness (QED) is 0.610. The molecule has 0 aliphatic rings. The predicted molar refractivity (Wildman–Crippen MR) is 79.4 cm³/mol. The number of nitrogens with one attached hydrogen (secondary N) is 1. The van der Waals surface area contributed by atoms with Crippen LogP contribution in [0.15, 0.2) is 18.2 Å². The molecule has 0 spiro atoms. The molecule has 0 aliphatic heterocycles. The second kappa shape index (κ2) is 6.45. The third-order valence-electron chi connectivity index (χ3n) is 3.58. The number of para-hydroxylation sites is 1. The van der Waals surface area contributed by atoms with Gasteiger partial charge in [0.1, 0.15) is 0 Å². The van der Waals surface area contributed by atoms with Crippen molar-refractivity contribution in [1.29, 1.82) is 0 Å². The second-order valence-corrected chi connectivity index (χ2v) is 4.88. The predicted octanol–water partition coefficient (Wildman–Crippen LogP) is 3.44. The van der Waals surface area contributed by atoms with Crippen LogP contribution in [0.2, 0.25) is 0 Å². The average molecular weight is 264 g/mol. The fourth-order valence-corrected chi connectivity index (χ4v) is 1.82. The molecule has 0 saturated heterocycles. The van der Waals surface area contributed by atoms with E-state index in [2.05, 4.69) is 26.1 Å². The maximum absolute atomic E-state index is 12.0.